The van der Waals surface area contributed by atoms with Crippen LogP contribution in [0.4, 0.5) is 0 Å². The number of hydrogen-bond donors (Lipinski definition) is 1. The minimum Gasteiger partial charge on any atom is -0.493 e. The van der Waals surface area contributed by atoms with Crippen LogP contribution in [0.15, 0.2) is 24.3 Å². The Labute approximate surface area is 112 Å². The van der Waals surface area contributed by atoms with Crippen LogP contribution in [0.25, 0.3) is 0 Å². The Balaban J connectivity index is 1.85. The van der Waals surface area contributed by atoms with Crippen molar-refractivity contribution in [3.8, 4) is 11.5 Å². The third-order valence-corrected chi connectivity index (χ3v) is 3.35. The smallest absolute Gasteiger partial charge is 0.320 e. The molecule has 0 aromatic heterocycles. The molecule has 2 rings (SSSR count). The van der Waals surface area contributed by atoms with Gasteiger partial charge in [-0.2, -0.15) is 0 Å². The van der Waals surface area contributed by atoms with Crippen molar-refractivity contribution in [3.63, 3.8) is 0 Å². The number of hydrogen-bond acceptors (Lipinski definition) is 4. The number of methoxy groups -OCH3 is 1. The number of carboxylic acids is 1. The average Bonchev–Trinajstić information content (AvgIpc) is 2.88. The second-order valence-electron chi connectivity index (χ2n) is 4.53. The minimum absolute atomic E-state index is 0.360. The van der Waals surface area contributed by atoms with E-state index in [2.05, 4.69) is 0 Å². The van der Waals surface area contributed by atoms with Crippen molar-refractivity contribution in [3.05, 3.63) is 24.3 Å². The molecule has 0 saturated carbocycles. The van der Waals surface area contributed by atoms with Gasteiger partial charge >= 0.3 is 5.97 Å². The summed E-state index contributed by atoms with van der Waals surface area (Å²) < 4.78 is 10.9. The van der Waals surface area contributed by atoms with Crippen molar-refractivity contribution in [2.24, 2.45) is 0 Å². The first kappa shape index (κ1) is 13.7. The molecule has 0 radical (unpaired) electrons. The molecule has 1 fully saturated rings. The summed E-state index contributed by atoms with van der Waals surface area (Å²) in [6, 6.07) is 7.09. The molecule has 1 aromatic rings. The van der Waals surface area contributed by atoms with Gasteiger partial charge in [0.25, 0.3) is 0 Å². The Hall–Kier alpha value is -1.75. The first-order chi connectivity index (χ1) is 9.22. The van der Waals surface area contributed by atoms with Crippen molar-refractivity contribution in [2.45, 2.75) is 18.9 Å². The zero-order valence-electron chi connectivity index (χ0n) is 11.0. The maximum Gasteiger partial charge on any atom is 0.320 e. The SMILES string of the molecule is COc1ccccc1OCCN1CCCC1C(=O)O. The molecule has 1 heterocycles. The molecular weight excluding hydrogens is 246 g/mol. The van der Waals surface area contributed by atoms with Gasteiger partial charge in [-0.25, -0.2) is 0 Å². The highest BCUT2D eigenvalue weighted by Crippen LogP contribution is 2.26. The highest BCUT2D eigenvalue weighted by atomic mass is 16.5. The number of rotatable bonds is 6. The molecule has 0 spiro atoms. The first-order valence-corrected chi connectivity index (χ1v) is 6.45. The van der Waals surface area contributed by atoms with Crippen molar-refractivity contribution >= 4 is 5.97 Å². The van der Waals surface area contributed by atoms with Crippen LogP contribution in [0, 0.1) is 0 Å². The number of aliphatic carboxylic acids is 1. The van der Waals surface area contributed by atoms with Gasteiger partial charge in [-0.3, -0.25) is 9.69 Å². The number of benzene rings is 1. The van der Waals surface area contributed by atoms with Crippen LogP contribution in [-0.4, -0.2) is 48.8 Å². The molecule has 1 aliphatic heterocycles. The highest BCUT2D eigenvalue weighted by Gasteiger charge is 2.29. The summed E-state index contributed by atoms with van der Waals surface area (Å²) in [4.78, 5) is 13.0. The third kappa shape index (κ3) is 3.38. The summed E-state index contributed by atoms with van der Waals surface area (Å²) in [6.07, 6.45) is 1.66. The zero-order valence-corrected chi connectivity index (χ0v) is 11.0. The molecule has 1 aromatic carbocycles. The second-order valence-corrected chi connectivity index (χ2v) is 4.53. The number of carbonyl (C=O) groups is 1. The number of para-hydroxylation sites is 2. The molecule has 19 heavy (non-hydrogen) atoms. The molecule has 0 aliphatic carbocycles. The standard InChI is InChI=1S/C14H19NO4/c1-18-12-6-2-3-7-13(12)19-10-9-15-8-4-5-11(15)14(16)17/h2-3,6-7,11H,4-5,8-10H2,1H3,(H,16,17). The fraction of sp³-hybridized carbons (Fsp3) is 0.500. The normalized spacial score (nSPS) is 19.3. The first-order valence-electron chi connectivity index (χ1n) is 6.45. The van der Waals surface area contributed by atoms with E-state index in [4.69, 9.17) is 14.6 Å². The zero-order chi connectivity index (χ0) is 13.7. The monoisotopic (exact) mass is 265 g/mol. The van der Waals surface area contributed by atoms with Crippen LogP contribution in [-0.2, 0) is 4.79 Å². The molecule has 0 bridgehead atoms. The van der Waals surface area contributed by atoms with Crippen molar-refractivity contribution in [1.29, 1.82) is 0 Å². The van der Waals surface area contributed by atoms with Gasteiger partial charge in [0.05, 0.1) is 7.11 Å². The molecule has 1 N–H and O–H groups in total. The summed E-state index contributed by atoms with van der Waals surface area (Å²) in [5.41, 5.74) is 0. The molecule has 104 valence electrons. The third-order valence-electron chi connectivity index (χ3n) is 3.35. The van der Waals surface area contributed by atoms with Crippen molar-refractivity contribution in [1.82, 2.24) is 4.90 Å². The van der Waals surface area contributed by atoms with Crippen LogP contribution in [0.3, 0.4) is 0 Å². The van der Waals surface area contributed by atoms with E-state index in [1.165, 1.54) is 0 Å². The van der Waals surface area contributed by atoms with Crippen LogP contribution >= 0.6 is 0 Å². The molecule has 1 aliphatic rings. The van der Waals surface area contributed by atoms with E-state index >= 15 is 0 Å². The maximum absolute atomic E-state index is 11.0. The minimum atomic E-state index is -0.741. The van der Waals surface area contributed by atoms with Crippen LogP contribution in [0.1, 0.15) is 12.8 Å². The van der Waals surface area contributed by atoms with Crippen LogP contribution in [0.5, 0.6) is 11.5 Å². The lowest BCUT2D eigenvalue weighted by molar-refractivity contribution is -0.142. The van der Waals surface area contributed by atoms with Crippen LogP contribution < -0.4 is 9.47 Å². The van der Waals surface area contributed by atoms with Gasteiger partial charge in [-0.1, -0.05) is 12.1 Å². The summed E-state index contributed by atoms with van der Waals surface area (Å²) >= 11 is 0. The fourth-order valence-electron chi connectivity index (χ4n) is 2.38. The van der Waals surface area contributed by atoms with Gasteiger partial charge in [0.2, 0.25) is 0 Å². The highest BCUT2D eigenvalue weighted by molar-refractivity contribution is 5.73. The number of nitrogens with zero attached hydrogens (tertiary/aromatic N) is 1. The van der Waals surface area contributed by atoms with Gasteiger partial charge in [0, 0.05) is 6.54 Å². The Morgan fingerprint density at radius 2 is 2.16 bits per heavy atom. The van der Waals surface area contributed by atoms with Gasteiger partial charge < -0.3 is 14.6 Å². The van der Waals surface area contributed by atoms with E-state index in [9.17, 15) is 4.79 Å². The molecule has 0 amide bonds. The van der Waals surface area contributed by atoms with Gasteiger partial charge in [0.1, 0.15) is 12.6 Å². The molecule has 1 atom stereocenters. The number of carboxylic acid groups (broad SMARTS) is 1. The van der Waals surface area contributed by atoms with Crippen molar-refractivity contribution in [2.75, 3.05) is 26.8 Å². The second kappa shape index (κ2) is 6.43. The number of likely N-dealkylation sites (tertiary alicyclic amines) is 1. The fourth-order valence-corrected chi connectivity index (χ4v) is 2.38. The molecule has 5 nitrogen and oxygen atoms in total. The Kier molecular flexibility index (Phi) is 4.63. The van der Waals surface area contributed by atoms with E-state index in [1.54, 1.807) is 7.11 Å². The average molecular weight is 265 g/mol. The summed E-state index contributed by atoms with van der Waals surface area (Å²) in [7, 11) is 1.60. The van der Waals surface area contributed by atoms with Crippen molar-refractivity contribution < 1.29 is 19.4 Å². The Bertz CT molecular complexity index is 435. The lowest BCUT2D eigenvalue weighted by Gasteiger charge is -2.21. The largest absolute Gasteiger partial charge is 0.493 e. The molecule has 1 unspecified atom stereocenters. The Morgan fingerprint density at radius 3 is 2.84 bits per heavy atom. The summed E-state index contributed by atoms with van der Waals surface area (Å²) in [5, 5.41) is 9.08. The lowest BCUT2D eigenvalue weighted by Crippen LogP contribution is -2.38. The topological polar surface area (TPSA) is 59.0 Å². The maximum atomic E-state index is 11.0. The van der Waals surface area contributed by atoms with Gasteiger partial charge in [0.15, 0.2) is 11.5 Å². The molecule has 5 heteroatoms. The van der Waals surface area contributed by atoms with Crippen LogP contribution in [0.2, 0.25) is 0 Å². The van der Waals surface area contributed by atoms with E-state index in [0.717, 1.165) is 19.4 Å². The van der Waals surface area contributed by atoms with Gasteiger partial charge in [-0.05, 0) is 31.5 Å². The predicted octanol–water partition coefficient (Wildman–Crippen LogP) is 1.62. The lowest BCUT2D eigenvalue weighted by atomic mass is 10.2. The number of ether oxygens (including phenoxy) is 2. The van der Waals surface area contributed by atoms with E-state index in [0.29, 0.717) is 24.7 Å². The molecular formula is C14H19NO4. The summed E-state index contributed by atoms with van der Waals surface area (Å²) in [5.74, 6) is 0.643. The van der Waals surface area contributed by atoms with E-state index < -0.39 is 5.97 Å². The summed E-state index contributed by atoms with van der Waals surface area (Å²) in [6.45, 7) is 1.91. The predicted molar refractivity (Wildman–Crippen MR) is 70.7 cm³/mol. The molecule has 1 saturated heterocycles. The van der Waals surface area contributed by atoms with E-state index in [1.807, 2.05) is 29.2 Å². The van der Waals surface area contributed by atoms with E-state index in [-0.39, 0.29) is 6.04 Å². The quantitative estimate of drug-likeness (QED) is 0.847. The van der Waals surface area contributed by atoms with Gasteiger partial charge in [-0.15, -0.1) is 0 Å². The Morgan fingerprint density at radius 1 is 1.42 bits per heavy atom.